The van der Waals surface area contributed by atoms with Crippen LogP contribution in [-0.4, -0.2) is 9.97 Å². The topological polar surface area (TPSA) is 88.7 Å². The van der Waals surface area contributed by atoms with Crippen molar-refractivity contribution in [3.8, 4) is 6.07 Å². The first kappa shape index (κ1) is 12.5. The van der Waals surface area contributed by atoms with Crippen LogP contribution in [0.15, 0.2) is 34.9 Å². The summed E-state index contributed by atoms with van der Waals surface area (Å²) in [4.78, 5) is 8.25. The fraction of sp³-hybridized carbons (Fsp3) is 0.0714. The van der Waals surface area contributed by atoms with E-state index in [1.807, 2.05) is 30.3 Å². The van der Waals surface area contributed by atoms with Crippen LogP contribution in [-0.2, 0) is 6.42 Å². The van der Waals surface area contributed by atoms with Crippen LogP contribution in [0.3, 0.4) is 0 Å². The summed E-state index contributed by atoms with van der Waals surface area (Å²) in [5.41, 5.74) is 7.50. The Bertz CT molecular complexity index is 835. The maximum atomic E-state index is 8.79. The number of hydrogen-bond donors (Lipinski definition) is 1. The zero-order valence-corrected chi connectivity index (χ0v) is 11.1. The fourth-order valence-corrected chi connectivity index (χ4v) is 2.14. The number of benzene rings is 1. The second kappa shape index (κ2) is 4.83. The summed E-state index contributed by atoms with van der Waals surface area (Å²) in [6.07, 6.45) is 2.06. The normalized spacial score (nSPS) is 10.6. The van der Waals surface area contributed by atoms with E-state index in [0.29, 0.717) is 17.3 Å². The lowest BCUT2D eigenvalue weighted by Gasteiger charge is -2.01. The van der Waals surface area contributed by atoms with Gasteiger partial charge in [0, 0.05) is 18.0 Å². The van der Waals surface area contributed by atoms with Gasteiger partial charge in [-0.2, -0.15) is 5.26 Å². The molecule has 2 heterocycles. The number of halogens is 1. The number of aromatic nitrogens is 2. The summed E-state index contributed by atoms with van der Waals surface area (Å²) in [6, 6.07) is 9.51. The minimum atomic E-state index is 0.0491. The van der Waals surface area contributed by atoms with Crippen LogP contribution in [0.5, 0.6) is 0 Å². The molecule has 0 aliphatic carbocycles. The zero-order chi connectivity index (χ0) is 14.1. The molecule has 0 bridgehead atoms. The third kappa shape index (κ3) is 2.29. The third-order valence-corrected chi connectivity index (χ3v) is 3.08. The van der Waals surface area contributed by atoms with Gasteiger partial charge in [-0.25, -0.2) is 4.98 Å². The lowest BCUT2D eigenvalue weighted by molar-refractivity contribution is 0.523. The van der Waals surface area contributed by atoms with Gasteiger partial charge < -0.3 is 10.2 Å². The second-order valence-electron chi connectivity index (χ2n) is 4.29. The molecule has 0 amide bonds. The monoisotopic (exact) mass is 284 g/mol. The number of anilines is 1. The molecule has 5 nitrogen and oxygen atoms in total. The van der Waals surface area contributed by atoms with E-state index in [1.54, 1.807) is 6.20 Å². The summed E-state index contributed by atoms with van der Waals surface area (Å²) in [5.74, 6) is 0.460. The lowest BCUT2D eigenvalue weighted by Crippen LogP contribution is -1.89. The number of nitrogens with zero attached hydrogens (tertiary/aromatic N) is 3. The molecule has 20 heavy (non-hydrogen) atoms. The maximum absolute atomic E-state index is 8.79. The van der Waals surface area contributed by atoms with Crippen molar-refractivity contribution >= 4 is 28.4 Å². The van der Waals surface area contributed by atoms with Gasteiger partial charge in [0.2, 0.25) is 17.5 Å². The minimum Gasteiger partial charge on any atom is -0.424 e. The Kier molecular flexibility index (Phi) is 3.01. The smallest absolute Gasteiger partial charge is 0.229 e. The van der Waals surface area contributed by atoms with E-state index in [4.69, 9.17) is 27.0 Å². The largest absolute Gasteiger partial charge is 0.424 e. The summed E-state index contributed by atoms with van der Waals surface area (Å²) in [6.45, 7) is 0. The minimum absolute atomic E-state index is 0.0491. The number of nitriles is 1. The van der Waals surface area contributed by atoms with E-state index in [9.17, 15) is 0 Å². The van der Waals surface area contributed by atoms with Gasteiger partial charge in [0.1, 0.15) is 6.07 Å². The molecule has 0 saturated heterocycles. The van der Waals surface area contributed by atoms with Gasteiger partial charge in [-0.1, -0.05) is 17.7 Å². The van der Waals surface area contributed by atoms with Gasteiger partial charge in [-0.05, 0) is 23.8 Å². The molecule has 0 aliphatic heterocycles. The molecule has 0 unspecified atom stereocenters. The van der Waals surface area contributed by atoms with Crippen molar-refractivity contribution in [3.05, 3.63) is 52.6 Å². The molecule has 0 spiro atoms. The Labute approximate surface area is 119 Å². The van der Waals surface area contributed by atoms with Crippen molar-refractivity contribution in [2.75, 3.05) is 5.73 Å². The number of fused-ring (bicyclic) bond motifs is 1. The van der Waals surface area contributed by atoms with E-state index in [0.717, 1.165) is 16.5 Å². The van der Waals surface area contributed by atoms with E-state index in [1.165, 1.54) is 0 Å². The highest BCUT2D eigenvalue weighted by molar-refractivity contribution is 6.31. The van der Waals surface area contributed by atoms with Crippen molar-refractivity contribution in [1.82, 2.24) is 9.97 Å². The Hall–Kier alpha value is -2.58. The lowest BCUT2D eigenvalue weighted by atomic mass is 10.1. The molecule has 98 valence electrons. The standard InChI is InChI=1S/C14H9ClN4O/c15-10-5-9-3-8(1-2-11(9)18-7-10)4-13-19-12(6-16)14(17)20-13/h1-3,5,7H,4,17H2. The Morgan fingerprint density at radius 1 is 1.35 bits per heavy atom. The van der Waals surface area contributed by atoms with Gasteiger partial charge in [0.05, 0.1) is 10.5 Å². The Morgan fingerprint density at radius 2 is 2.20 bits per heavy atom. The number of nitrogen functional groups attached to an aromatic ring is 1. The second-order valence-corrected chi connectivity index (χ2v) is 4.73. The van der Waals surface area contributed by atoms with Crippen LogP contribution >= 0.6 is 11.6 Å². The van der Waals surface area contributed by atoms with Crippen LogP contribution in [0.25, 0.3) is 10.9 Å². The van der Waals surface area contributed by atoms with Crippen molar-refractivity contribution < 1.29 is 4.42 Å². The number of hydrogen-bond acceptors (Lipinski definition) is 5. The number of oxazole rings is 1. The quantitative estimate of drug-likeness (QED) is 0.781. The van der Waals surface area contributed by atoms with Crippen LogP contribution in [0, 0.1) is 11.3 Å². The molecular formula is C14H9ClN4O. The molecule has 0 aliphatic rings. The highest BCUT2D eigenvalue weighted by Gasteiger charge is 2.10. The number of pyridine rings is 1. The van der Waals surface area contributed by atoms with Gasteiger partial charge in [-0.15, -0.1) is 0 Å². The Balaban J connectivity index is 1.96. The summed E-state index contributed by atoms with van der Waals surface area (Å²) < 4.78 is 5.25. The number of nitrogens with two attached hydrogens (primary N) is 1. The molecule has 3 rings (SSSR count). The Morgan fingerprint density at radius 3 is 2.95 bits per heavy atom. The van der Waals surface area contributed by atoms with Gasteiger partial charge in [-0.3, -0.25) is 4.98 Å². The van der Waals surface area contributed by atoms with E-state index >= 15 is 0 Å². The fourth-order valence-electron chi connectivity index (χ4n) is 1.97. The van der Waals surface area contributed by atoms with E-state index in [-0.39, 0.29) is 11.6 Å². The highest BCUT2D eigenvalue weighted by Crippen LogP contribution is 2.21. The van der Waals surface area contributed by atoms with Crippen LogP contribution in [0.4, 0.5) is 5.88 Å². The first-order valence-electron chi connectivity index (χ1n) is 5.85. The average Bonchev–Trinajstić information content (AvgIpc) is 2.78. The van der Waals surface area contributed by atoms with Crippen LogP contribution in [0.1, 0.15) is 17.1 Å². The first-order valence-corrected chi connectivity index (χ1v) is 6.23. The molecule has 0 saturated carbocycles. The SMILES string of the molecule is N#Cc1nc(Cc2ccc3ncc(Cl)cc3c2)oc1N. The highest BCUT2D eigenvalue weighted by atomic mass is 35.5. The molecule has 0 atom stereocenters. The van der Waals surface area contributed by atoms with Crippen molar-refractivity contribution in [2.24, 2.45) is 0 Å². The van der Waals surface area contributed by atoms with Crippen molar-refractivity contribution in [1.29, 1.82) is 5.26 Å². The molecule has 0 radical (unpaired) electrons. The molecule has 2 N–H and O–H groups in total. The first-order chi connectivity index (χ1) is 9.65. The van der Waals surface area contributed by atoms with E-state index < -0.39 is 0 Å². The van der Waals surface area contributed by atoms with Crippen molar-refractivity contribution in [3.63, 3.8) is 0 Å². The third-order valence-electron chi connectivity index (χ3n) is 2.87. The molecule has 6 heteroatoms. The van der Waals surface area contributed by atoms with Crippen molar-refractivity contribution in [2.45, 2.75) is 6.42 Å². The summed E-state index contributed by atoms with van der Waals surface area (Å²) in [7, 11) is 0. The van der Waals surface area contributed by atoms with Crippen LogP contribution < -0.4 is 5.73 Å². The average molecular weight is 285 g/mol. The predicted molar refractivity (Wildman–Crippen MR) is 75.2 cm³/mol. The van der Waals surface area contributed by atoms with Crippen LogP contribution in [0.2, 0.25) is 5.02 Å². The number of rotatable bonds is 2. The van der Waals surface area contributed by atoms with E-state index in [2.05, 4.69) is 9.97 Å². The summed E-state index contributed by atoms with van der Waals surface area (Å²) >= 11 is 5.93. The molecular weight excluding hydrogens is 276 g/mol. The molecule has 2 aromatic heterocycles. The van der Waals surface area contributed by atoms with Gasteiger partial charge >= 0.3 is 0 Å². The zero-order valence-electron chi connectivity index (χ0n) is 10.3. The molecule has 1 aromatic carbocycles. The van der Waals surface area contributed by atoms with Gasteiger partial charge in [0.25, 0.3) is 0 Å². The maximum Gasteiger partial charge on any atom is 0.229 e. The molecule has 0 fully saturated rings. The van der Waals surface area contributed by atoms with Gasteiger partial charge in [0.15, 0.2) is 0 Å². The molecule has 3 aromatic rings. The predicted octanol–water partition coefficient (Wildman–Crippen LogP) is 2.92. The summed E-state index contributed by atoms with van der Waals surface area (Å²) in [5, 5.41) is 10.3.